The molecule has 2 aliphatic carbocycles. The Bertz CT molecular complexity index is 1330. The van der Waals surface area contributed by atoms with E-state index >= 15 is 0 Å². The SMILES string of the molecule is CC(=O)O[C@H]1CC(C)(C)C(=CCC(C)C\C=C/C(C)=C/C=C/C=C(C)/C=C\CC(C)C(=O)C[C@@]23O[C@]2(C)C[C@@H](O)CC3(C)C)[C@](C)(O)C1. The lowest BCUT2D eigenvalue weighted by Crippen LogP contribution is -2.48. The standard InChI is InChI=1S/C42H64O6/c1-29(18-14-19-31(3)22-23-37-38(6,7)26-35(47-33(5)43)27-40(37,10)46)16-12-13-17-30(2)20-15-21-32(4)36(45)28-42-39(8,9)24-34(44)25-41(42,11)48-42/h12-18,20,23,31-32,34-35,44,46H,19,21-22,24-28H2,1-11H3/b13-12+,18-14-,20-15-,29-16+,30-17+,37-23?/t31?,32?,34-,35-,40+,41+,42-/m0/s1. The number of ketones is 1. The highest BCUT2D eigenvalue weighted by atomic mass is 16.6. The highest BCUT2D eigenvalue weighted by Gasteiger charge is 2.76. The van der Waals surface area contributed by atoms with E-state index in [4.69, 9.17) is 9.47 Å². The number of esters is 1. The first-order valence-corrected chi connectivity index (χ1v) is 18.0. The molecule has 0 amide bonds. The number of fused-ring (bicyclic) bond motifs is 1. The topological polar surface area (TPSA) is 96.4 Å². The van der Waals surface area contributed by atoms with Crippen LogP contribution in [0.1, 0.15) is 128 Å². The summed E-state index contributed by atoms with van der Waals surface area (Å²) in [5, 5.41) is 21.5. The number of aliphatic hydroxyl groups excluding tert-OH is 1. The van der Waals surface area contributed by atoms with E-state index in [1.807, 2.05) is 32.9 Å². The van der Waals surface area contributed by atoms with E-state index in [1.165, 1.54) is 12.5 Å². The molecule has 2 unspecified atom stereocenters. The third kappa shape index (κ3) is 10.0. The minimum atomic E-state index is -0.990. The van der Waals surface area contributed by atoms with Crippen LogP contribution in [0.3, 0.4) is 0 Å². The molecule has 1 saturated heterocycles. The van der Waals surface area contributed by atoms with E-state index in [0.717, 1.165) is 24.0 Å². The summed E-state index contributed by atoms with van der Waals surface area (Å²) in [7, 11) is 0. The molecule has 268 valence electrons. The van der Waals surface area contributed by atoms with Crippen molar-refractivity contribution in [3.8, 4) is 0 Å². The van der Waals surface area contributed by atoms with E-state index in [1.54, 1.807) is 0 Å². The lowest BCUT2D eigenvalue weighted by Gasteiger charge is -2.46. The van der Waals surface area contributed by atoms with Gasteiger partial charge in [-0.25, -0.2) is 0 Å². The molecule has 3 aliphatic rings. The van der Waals surface area contributed by atoms with Crippen LogP contribution in [-0.2, 0) is 19.1 Å². The first kappa shape index (κ1) is 39.9. The number of aliphatic hydroxyl groups is 2. The van der Waals surface area contributed by atoms with Crippen molar-refractivity contribution in [1.29, 1.82) is 0 Å². The van der Waals surface area contributed by atoms with Crippen LogP contribution in [0.2, 0.25) is 0 Å². The van der Waals surface area contributed by atoms with Crippen LogP contribution in [0.15, 0.2) is 71.4 Å². The Labute approximate surface area is 291 Å². The van der Waals surface area contributed by atoms with Gasteiger partial charge in [-0.15, -0.1) is 0 Å². The van der Waals surface area contributed by atoms with E-state index in [-0.39, 0.29) is 40.7 Å². The second-order valence-corrected chi connectivity index (χ2v) is 16.9. The first-order chi connectivity index (χ1) is 22.1. The molecule has 0 radical (unpaired) electrons. The van der Waals surface area contributed by atoms with Crippen molar-refractivity contribution in [3.05, 3.63) is 71.4 Å². The second kappa shape index (κ2) is 15.6. The van der Waals surface area contributed by atoms with Gasteiger partial charge in [-0.3, -0.25) is 9.59 Å². The van der Waals surface area contributed by atoms with Gasteiger partial charge >= 0.3 is 5.97 Å². The number of carbonyl (C=O) groups is 2. The molecule has 1 heterocycles. The largest absolute Gasteiger partial charge is 0.462 e. The van der Waals surface area contributed by atoms with Crippen molar-refractivity contribution in [3.63, 3.8) is 0 Å². The lowest BCUT2D eigenvalue weighted by atomic mass is 9.61. The van der Waals surface area contributed by atoms with Crippen LogP contribution in [0.4, 0.5) is 0 Å². The minimum Gasteiger partial charge on any atom is -0.462 e. The quantitative estimate of drug-likeness (QED) is 0.0833. The fourth-order valence-corrected chi connectivity index (χ4v) is 8.44. The van der Waals surface area contributed by atoms with Gasteiger partial charge < -0.3 is 19.7 Å². The van der Waals surface area contributed by atoms with Crippen molar-refractivity contribution < 1.29 is 29.3 Å². The Hall–Kier alpha value is -2.54. The Morgan fingerprint density at radius 2 is 1.46 bits per heavy atom. The smallest absolute Gasteiger partial charge is 0.302 e. The summed E-state index contributed by atoms with van der Waals surface area (Å²) in [6, 6.07) is 0. The number of ether oxygens (including phenoxy) is 2. The second-order valence-electron chi connectivity index (χ2n) is 16.9. The molecule has 7 atom stereocenters. The molecule has 2 saturated carbocycles. The van der Waals surface area contributed by atoms with Crippen LogP contribution in [0, 0.1) is 22.7 Å². The van der Waals surface area contributed by atoms with Crippen molar-refractivity contribution in [2.24, 2.45) is 22.7 Å². The molecule has 0 bridgehead atoms. The summed E-state index contributed by atoms with van der Waals surface area (Å²) in [4.78, 5) is 24.6. The number of hydrogen-bond acceptors (Lipinski definition) is 6. The maximum atomic E-state index is 13.2. The van der Waals surface area contributed by atoms with Gasteiger partial charge in [-0.05, 0) is 82.1 Å². The summed E-state index contributed by atoms with van der Waals surface area (Å²) in [6.07, 6.45) is 23.7. The fourth-order valence-electron chi connectivity index (χ4n) is 8.44. The Morgan fingerprint density at radius 3 is 2.00 bits per heavy atom. The van der Waals surface area contributed by atoms with Gasteiger partial charge in [0.15, 0.2) is 0 Å². The molecule has 0 aromatic carbocycles. The molecule has 48 heavy (non-hydrogen) atoms. The maximum absolute atomic E-state index is 13.2. The normalized spacial score (nSPS) is 34.1. The number of allylic oxidation sites excluding steroid dienone is 11. The lowest BCUT2D eigenvalue weighted by molar-refractivity contribution is -0.152. The van der Waals surface area contributed by atoms with Crippen LogP contribution in [-0.4, -0.2) is 51.0 Å². The average Bonchev–Trinajstić information content (AvgIpc) is 3.53. The number of hydrogen-bond donors (Lipinski definition) is 2. The first-order valence-electron chi connectivity index (χ1n) is 18.0. The molecule has 3 rings (SSSR count). The van der Waals surface area contributed by atoms with Gasteiger partial charge in [-0.2, -0.15) is 0 Å². The van der Waals surface area contributed by atoms with E-state index < -0.39 is 16.8 Å². The zero-order valence-corrected chi connectivity index (χ0v) is 31.7. The van der Waals surface area contributed by atoms with Crippen molar-refractivity contribution in [2.45, 2.75) is 157 Å². The van der Waals surface area contributed by atoms with Crippen molar-refractivity contribution in [1.82, 2.24) is 0 Å². The predicted molar refractivity (Wildman–Crippen MR) is 195 cm³/mol. The summed E-state index contributed by atoms with van der Waals surface area (Å²) in [5.74, 6) is 0.281. The van der Waals surface area contributed by atoms with Crippen molar-refractivity contribution >= 4 is 11.8 Å². The van der Waals surface area contributed by atoms with E-state index in [9.17, 15) is 19.8 Å². The van der Waals surface area contributed by atoms with E-state index in [2.05, 4.69) is 91.0 Å². The minimum absolute atomic E-state index is 0.0812. The molecule has 3 fully saturated rings. The molecule has 2 N–H and O–H groups in total. The van der Waals surface area contributed by atoms with Gasteiger partial charge in [-0.1, -0.05) is 107 Å². The van der Waals surface area contributed by atoms with Crippen LogP contribution >= 0.6 is 0 Å². The Balaban J connectivity index is 1.43. The Kier molecular flexibility index (Phi) is 12.9. The molecule has 0 aromatic rings. The zero-order chi connectivity index (χ0) is 36.1. The fraction of sp³-hybridized carbons (Fsp3) is 0.667. The molecule has 6 heteroatoms. The zero-order valence-electron chi connectivity index (χ0n) is 31.7. The summed E-state index contributed by atoms with van der Waals surface area (Å²) in [6.45, 7) is 22.2. The Morgan fingerprint density at radius 1 is 0.875 bits per heavy atom. The van der Waals surface area contributed by atoms with Crippen molar-refractivity contribution in [2.75, 3.05) is 0 Å². The molecular formula is C42H64O6. The van der Waals surface area contributed by atoms with Gasteiger partial charge in [0.05, 0.1) is 17.3 Å². The number of carbonyl (C=O) groups excluding carboxylic acids is 2. The van der Waals surface area contributed by atoms with Gasteiger partial charge in [0.2, 0.25) is 0 Å². The number of epoxide rings is 1. The molecule has 6 nitrogen and oxygen atoms in total. The summed E-state index contributed by atoms with van der Waals surface area (Å²) < 4.78 is 11.7. The molecule has 0 aromatic heterocycles. The maximum Gasteiger partial charge on any atom is 0.302 e. The highest BCUT2D eigenvalue weighted by molar-refractivity contribution is 5.82. The molecular weight excluding hydrogens is 600 g/mol. The predicted octanol–water partition coefficient (Wildman–Crippen LogP) is 9.09. The third-order valence-corrected chi connectivity index (χ3v) is 11.0. The highest BCUT2D eigenvalue weighted by Crippen LogP contribution is 2.67. The van der Waals surface area contributed by atoms with E-state index in [0.29, 0.717) is 44.4 Å². The average molecular weight is 665 g/mol. The van der Waals surface area contributed by atoms with Crippen LogP contribution in [0.25, 0.3) is 0 Å². The van der Waals surface area contributed by atoms with Gasteiger partial charge in [0.25, 0.3) is 0 Å². The number of Topliss-reactive ketones (excluding diaryl/α,β-unsaturated/α-hetero) is 1. The van der Waals surface area contributed by atoms with Crippen LogP contribution < -0.4 is 0 Å². The third-order valence-electron chi connectivity index (χ3n) is 11.0. The molecule has 1 aliphatic heterocycles. The summed E-state index contributed by atoms with van der Waals surface area (Å²) in [5.41, 5.74) is 1.01. The number of rotatable bonds is 14. The van der Waals surface area contributed by atoms with Crippen LogP contribution in [0.5, 0.6) is 0 Å². The van der Waals surface area contributed by atoms with Gasteiger partial charge in [0, 0.05) is 32.1 Å². The monoisotopic (exact) mass is 664 g/mol. The molecule has 0 spiro atoms. The summed E-state index contributed by atoms with van der Waals surface area (Å²) >= 11 is 0. The van der Waals surface area contributed by atoms with Gasteiger partial charge in [0.1, 0.15) is 17.5 Å².